The van der Waals surface area contributed by atoms with Crippen molar-refractivity contribution in [3.8, 4) is 0 Å². The smallest absolute Gasteiger partial charge is 0.191 e. The van der Waals surface area contributed by atoms with Gasteiger partial charge in [-0.05, 0) is 22.3 Å². The highest BCUT2D eigenvalue weighted by Crippen LogP contribution is 2.32. The molecule has 0 unspecified atom stereocenters. The van der Waals surface area contributed by atoms with Crippen LogP contribution in [0, 0.1) is 0 Å². The first-order chi connectivity index (χ1) is 21.2. The number of hydrogen-bond donors (Lipinski definition) is 0. The fraction of sp³-hybridized carbons (Fsp3) is 0.333. The molecular weight excluding hydrogens is 547 g/mol. The molecule has 7 heteroatoms. The monoisotopic (exact) mass is 586 g/mol. The Morgan fingerprint density at radius 3 is 1.37 bits per heavy atom. The van der Waals surface area contributed by atoms with E-state index < -0.39 is 36.9 Å². The Morgan fingerprint density at radius 1 is 0.535 bits per heavy atom. The second-order valence-corrected chi connectivity index (χ2v) is 10.5. The third-order valence-electron chi connectivity index (χ3n) is 7.38. The van der Waals surface area contributed by atoms with Gasteiger partial charge in [-0.3, -0.25) is 0 Å². The Bertz CT molecular complexity index is 1310. The van der Waals surface area contributed by atoms with Crippen molar-refractivity contribution in [1.82, 2.24) is 0 Å². The molecule has 43 heavy (non-hydrogen) atoms. The van der Waals surface area contributed by atoms with Crippen molar-refractivity contribution in [1.29, 1.82) is 0 Å². The maximum atomic E-state index is 16.4. The summed E-state index contributed by atoms with van der Waals surface area (Å²) in [4.78, 5) is 0. The topological polar surface area (TPSA) is 55.4 Å². The first-order valence-electron chi connectivity index (χ1n) is 14.6. The van der Waals surface area contributed by atoms with Crippen LogP contribution in [0.1, 0.15) is 22.3 Å². The molecule has 6 nitrogen and oxygen atoms in total. The maximum Gasteiger partial charge on any atom is 0.191 e. The number of rotatable bonds is 14. The van der Waals surface area contributed by atoms with Gasteiger partial charge in [-0.25, -0.2) is 4.39 Å². The lowest BCUT2D eigenvalue weighted by molar-refractivity contribution is -0.219. The van der Waals surface area contributed by atoms with Gasteiger partial charge in [0.2, 0.25) is 0 Å². The van der Waals surface area contributed by atoms with E-state index in [0.29, 0.717) is 6.61 Å². The number of halogens is 1. The van der Waals surface area contributed by atoms with Gasteiger partial charge < -0.3 is 28.4 Å². The highest BCUT2D eigenvalue weighted by Gasteiger charge is 2.50. The molecule has 0 N–H and O–H groups in total. The fourth-order valence-corrected chi connectivity index (χ4v) is 5.12. The van der Waals surface area contributed by atoms with Crippen molar-refractivity contribution in [3.05, 3.63) is 144 Å². The molecule has 0 spiro atoms. The molecule has 5 rings (SSSR count). The summed E-state index contributed by atoms with van der Waals surface area (Å²) < 4.78 is 53.7. The molecule has 1 aliphatic rings. The molecular formula is C36H39FO6. The molecule has 1 aliphatic heterocycles. The van der Waals surface area contributed by atoms with E-state index in [9.17, 15) is 0 Å². The van der Waals surface area contributed by atoms with Gasteiger partial charge in [-0.2, -0.15) is 0 Å². The Morgan fingerprint density at radius 2 is 0.930 bits per heavy atom. The van der Waals surface area contributed by atoms with E-state index >= 15 is 4.39 Å². The summed E-state index contributed by atoms with van der Waals surface area (Å²) in [5.74, 6) is 0. The van der Waals surface area contributed by atoms with Crippen LogP contribution in [0.3, 0.4) is 0 Å². The average molecular weight is 587 g/mol. The van der Waals surface area contributed by atoms with E-state index in [1.807, 2.05) is 121 Å². The summed E-state index contributed by atoms with van der Waals surface area (Å²) in [6.45, 7) is 1.21. The number of alkyl halides is 1. The van der Waals surface area contributed by atoms with Crippen molar-refractivity contribution < 1.29 is 32.8 Å². The molecule has 0 saturated carbocycles. The van der Waals surface area contributed by atoms with Gasteiger partial charge in [-0.1, -0.05) is 121 Å². The van der Waals surface area contributed by atoms with E-state index in [1.165, 1.54) is 7.11 Å². The van der Waals surface area contributed by atoms with Crippen LogP contribution in [-0.4, -0.2) is 50.6 Å². The fourth-order valence-electron chi connectivity index (χ4n) is 5.12. The predicted molar refractivity (Wildman–Crippen MR) is 162 cm³/mol. The molecule has 1 fully saturated rings. The van der Waals surface area contributed by atoms with E-state index in [0.717, 1.165) is 22.3 Å². The van der Waals surface area contributed by atoms with Crippen LogP contribution in [0.5, 0.6) is 0 Å². The normalized spacial score (nSPS) is 24.0. The number of benzene rings is 4. The molecule has 0 radical (unpaired) electrons. The highest BCUT2D eigenvalue weighted by molar-refractivity contribution is 5.16. The Balaban J connectivity index is 1.44. The molecule has 0 aliphatic carbocycles. The molecule has 1 heterocycles. The predicted octanol–water partition coefficient (Wildman–Crippen LogP) is 6.67. The summed E-state index contributed by atoms with van der Waals surface area (Å²) in [6.07, 6.45) is -6.20. The molecule has 1 saturated heterocycles. The summed E-state index contributed by atoms with van der Waals surface area (Å²) >= 11 is 0. The second kappa shape index (κ2) is 16.4. The summed E-state index contributed by atoms with van der Waals surface area (Å²) in [5, 5.41) is 0. The lowest BCUT2D eigenvalue weighted by Crippen LogP contribution is -2.50. The molecule has 0 bridgehead atoms. The zero-order chi connectivity index (χ0) is 29.7. The van der Waals surface area contributed by atoms with Gasteiger partial charge >= 0.3 is 0 Å². The minimum absolute atomic E-state index is 0.136. The van der Waals surface area contributed by atoms with Crippen molar-refractivity contribution in [2.75, 3.05) is 13.7 Å². The van der Waals surface area contributed by atoms with Crippen LogP contribution in [0.25, 0.3) is 0 Å². The summed E-state index contributed by atoms with van der Waals surface area (Å²) in [6, 6.07) is 39.1. The first kappa shape index (κ1) is 31.0. The average Bonchev–Trinajstić information content (AvgIpc) is 3.17. The van der Waals surface area contributed by atoms with Crippen molar-refractivity contribution in [2.24, 2.45) is 0 Å². The summed E-state index contributed by atoms with van der Waals surface area (Å²) in [5.41, 5.74) is 3.86. The van der Waals surface area contributed by atoms with Crippen molar-refractivity contribution >= 4 is 0 Å². The van der Waals surface area contributed by atoms with Crippen LogP contribution >= 0.6 is 0 Å². The van der Waals surface area contributed by atoms with E-state index in [4.69, 9.17) is 28.4 Å². The SMILES string of the molecule is CO[C@@H]1O[C@H](COCc2ccccc2)[C@@H](OCc2ccccc2)[C@H](OCc2ccccc2)[C@@H](OCc2ccccc2)[C@@H]1F. The third-order valence-corrected chi connectivity index (χ3v) is 7.38. The van der Waals surface area contributed by atoms with E-state index in [-0.39, 0.29) is 26.4 Å². The minimum Gasteiger partial charge on any atom is -0.374 e. The molecule has 226 valence electrons. The van der Waals surface area contributed by atoms with Gasteiger partial charge in [0.15, 0.2) is 12.5 Å². The third kappa shape index (κ3) is 9.03. The number of ether oxygens (including phenoxy) is 6. The maximum absolute atomic E-state index is 16.4. The highest BCUT2D eigenvalue weighted by atomic mass is 19.1. The van der Waals surface area contributed by atoms with Crippen molar-refractivity contribution in [3.63, 3.8) is 0 Å². The number of methoxy groups -OCH3 is 1. The first-order valence-corrected chi connectivity index (χ1v) is 14.6. The molecule has 0 aromatic heterocycles. The van der Waals surface area contributed by atoms with Gasteiger partial charge in [0.1, 0.15) is 24.4 Å². The van der Waals surface area contributed by atoms with Crippen LogP contribution < -0.4 is 0 Å². The van der Waals surface area contributed by atoms with Crippen LogP contribution in [0.4, 0.5) is 4.39 Å². The van der Waals surface area contributed by atoms with Gasteiger partial charge in [-0.15, -0.1) is 0 Å². The molecule has 0 amide bonds. The van der Waals surface area contributed by atoms with E-state index in [2.05, 4.69) is 0 Å². The van der Waals surface area contributed by atoms with Crippen molar-refractivity contribution in [2.45, 2.75) is 63.3 Å². The van der Waals surface area contributed by atoms with Gasteiger partial charge in [0.05, 0.1) is 33.0 Å². The lowest BCUT2D eigenvalue weighted by Gasteiger charge is -2.34. The quantitative estimate of drug-likeness (QED) is 0.165. The van der Waals surface area contributed by atoms with Gasteiger partial charge in [0.25, 0.3) is 0 Å². The summed E-state index contributed by atoms with van der Waals surface area (Å²) in [7, 11) is 1.43. The van der Waals surface area contributed by atoms with Crippen LogP contribution in [-0.2, 0) is 54.8 Å². The number of hydrogen-bond acceptors (Lipinski definition) is 6. The zero-order valence-corrected chi connectivity index (χ0v) is 24.4. The molecule has 6 atom stereocenters. The Labute approximate surface area is 253 Å². The Kier molecular flexibility index (Phi) is 11.8. The molecule has 4 aromatic rings. The van der Waals surface area contributed by atoms with Crippen LogP contribution in [0.15, 0.2) is 121 Å². The second-order valence-electron chi connectivity index (χ2n) is 10.5. The van der Waals surface area contributed by atoms with Gasteiger partial charge in [0, 0.05) is 7.11 Å². The Hall–Kier alpha value is -3.43. The largest absolute Gasteiger partial charge is 0.374 e. The molecule has 4 aromatic carbocycles. The zero-order valence-electron chi connectivity index (χ0n) is 24.4. The minimum atomic E-state index is -1.66. The van der Waals surface area contributed by atoms with Crippen LogP contribution in [0.2, 0.25) is 0 Å². The standard InChI is InChI=1S/C36H39FO6/c1-38-36-32(37)34(41-24-29-18-10-4-11-19-29)35(42-25-30-20-12-5-13-21-30)33(40-23-28-16-8-3-9-17-28)31(43-36)26-39-22-27-14-6-2-7-15-27/h2-21,31-36H,22-26H2,1H3/t31-,32+,33-,34+,35+,36-/m1/s1. The van der Waals surface area contributed by atoms with E-state index in [1.54, 1.807) is 0 Å². The lowest BCUT2D eigenvalue weighted by atomic mass is 10.00.